The van der Waals surface area contributed by atoms with Crippen LogP contribution in [0.1, 0.15) is 35.5 Å². The number of fused-ring (bicyclic) bond motifs is 1. The smallest absolute Gasteiger partial charge is 0.289 e. The minimum Gasteiger partial charge on any atom is -0.493 e. The molecule has 0 N–H and O–H groups in total. The summed E-state index contributed by atoms with van der Waals surface area (Å²) in [7, 11) is 1.60. The van der Waals surface area contributed by atoms with Crippen LogP contribution in [0.25, 0.3) is 11.0 Å². The molecule has 168 valence electrons. The van der Waals surface area contributed by atoms with Gasteiger partial charge in [0.15, 0.2) is 17.1 Å². The number of anilines is 2. The molecular weight excluding hydrogens is 406 g/mol. The summed E-state index contributed by atoms with van der Waals surface area (Å²) in [5.74, 6) is 2.67. The lowest BCUT2D eigenvalue weighted by Crippen LogP contribution is -2.49. The second kappa shape index (κ2) is 8.68. The molecule has 2 aromatic heterocycles. The number of carbonyl (C=O) groups is 1. The summed E-state index contributed by atoms with van der Waals surface area (Å²) in [6.07, 6.45) is 3.67. The van der Waals surface area contributed by atoms with Crippen molar-refractivity contribution in [1.29, 1.82) is 0 Å². The SMILES string of the molecule is COc1cccc2cc(C(=O)N3CCN(c4cc(C)nc(N5CCCCC5)n4)CC3)oc12. The molecule has 8 nitrogen and oxygen atoms in total. The van der Waals surface area contributed by atoms with E-state index < -0.39 is 0 Å². The third kappa shape index (κ3) is 3.97. The summed E-state index contributed by atoms with van der Waals surface area (Å²) in [6, 6.07) is 9.49. The number of furan rings is 1. The summed E-state index contributed by atoms with van der Waals surface area (Å²) >= 11 is 0. The zero-order valence-corrected chi connectivity index (χ0v) is 18.7. The van der Waals surface area contributed by atoms with E-state index >= 15 is 0 Å². The molecule has 0 bridgehead atoms. The minimum atomic E-state index is -0.0872. The van der Waals surface area contributed by atoms with Gasteiger partial charge in [-0.3, -0.25) is 4.79 Å². The number of nitrogens with zero attached hydrogens (tertiary/aromatic N) is 5. The van der Waals surface area contributed by atoms with E-state index in [0.717, 1.165) is 49.0 Å². The lowest BCUT2D eigenvalue weighted by molar-refractivity contribution is 0.0716. The van der Waals surface area contributed by atoms with Gasteiger partial charge in [-0.05, 0) is 38.3 Å². The van der Waals surface area contributed by atoms with Crippen LogP contribution >= 0.6 is 0 Å². The Morgan fingerprint density at radius 1 is 0.969 bits per heavy atom. The molecule has 0 aliphatic carbocycles. The van der Waals surface area contributed by atoms with Crippen LogP contribution in [-0.2, 0) is 0 Å². The Kier molecular flexibility index (Phi) is 5.59. The summed E-state index contributed by atoms with van der Waals surface area (Å²) in [6.45, 7) is 6.76. The maximum absolute atomic E-state index is 13.1. The Labute approximate surface area is 187 Å². The van der Waals surface area contributed by atoms with E-state index in [1.807, 2.05) is 36.1 Å². The Bertz CT molecular complexity index is 1110. The number of rotatable bonds is 4. The normalized spacial score (nSPS) is 17.1. The zero-order chi connectivity index (χ0) is 22.1. The van der Waals surface area contributed by atoms with Crippen LogP contribution in [0.15, 0.2) is 34.7 Å². The predicted octanol–water partition coefficient (Wildman–Crippen LogP) is 3.49. The van der Waals surface area contributed by atoms with Crippen LogP contribution < -0.4 is 14.5 Å². The molecule has 2 aliphatic rings. The van der Waals surface area contributed by atoms with Crippen LogP contribution in [0, 0.1) is 6.92 Å². The van der Waals surface area contributed by atoms with Crippen LogP contribution in [0.2, 0.25) is 0 Å². The van der Waals surface area contributed by atoms with Gasteiger partial charge in [-0.25, -0.2) is 4.98 Å². The molecule has 0 radical (unpaired) electrons. The van der Waals surface area contributed by atoms with E-state index in [4.69, 9.17) is 14.1 Å². The molecule has 3 aromatic rings. The van der Waals surface area contributed by atoms with E-state index in [2.05, 4.69) is 14.8 Å². The summed E-state index contributed by atoms with van der Waals surface area (Å²) in [5, 5.41) is 0.869. The van der Waals surface area contributed by atoms with Gasteiger partial charge < -0.3 is 23.9 Å². The molecule has 0 spiro atoms. The number of methoxy groups -OCH3 is 1. The Hall–Kier alpha value is -3.29. The van der Waals surface area contributed by atoms with Crippen molar-refractivity contribution in [2.24, 2.45) is 0 Å². The van der Waals surface area contributed by atoms with Gasteiger partial charge in [0.2, 0.25) is 5.95 Å². The van der Waals surface area contributed by atoms with Crippen molar-refractivity contribution < 1.29 is 13.9 Å². The number of para-hydroxylation sites is 1. The first kappa shape index (κ1) is 20.6. The summed E-state index contributed by atoms with van der Waals surface area (Å²) in [5.41, 5.74) is 1.59. The Balaban J connectivity index is 1.28. The van der Waals surface area contributed by atoms with Crippen LogP contribution in [0.3, 0.4) is 0 Å². The maximum Gasteiger partial charge on any atom is 0.289 e. The van der Waals surface area contributed by atoms with Crippen molar-refractivity contribution in [2.45, 2.75) is 26.2 Å². The van der Waals surface area contributed by atoms with Crippen LogP contribution in [-0.4, -0.2) is 67.2 Å². The molecule has 5 rings (SSSR count). The molecule has 4 heterocycles. The van der Waals surface area contributed by atoms with Gasteiger partial charge in [0.25, 0.3) is 5.91 Å². The number of hydrogen-bond donors (Lipinski definition) is 0. The molecule has 8 heteroatoms. The van der Waals surface area contributed by atoms with Gasteiger partial charge in [-0.2, -0.15) is 4.98 Å². The number of carbonyl (C=O) groups excluding carboxylic acids is 1. The predicted molar refractivity (Wildman–Crippen MR) is 124 cm³/mol. The number of piperidine rings is 1. The number of amides is 1. The Morgan fingerprint density at radius 2 is 1.75 bits per heavy atom. The molecule has 0 atom stereocenters. The number of ether oxygens (including phenoxy) is 1. The summed E-state index contributed by atoms with van der Waals surface area (Å²) < 4.78 is 11.2. The van der Waals surface area contributed by atoms with Crippen molar-refractivity contribution in [1.82, 2.24) is 14.9 Å². The zero-order valence-electron chi connectivity index (χ0n) is 18.7. The van der Waals surface area contributed by atoms with Crippen LogP contribution in [0.5, 0.6) is 5.75 Å². The van der Waals surface area contributed by atoms with E-state index in [1.165, 1.54) is 19.3 Å². The van der Waals surface area contributed by atoms with Crippen molar-refractivity contribution in [3.63, 3.8) is 0 Å². The molecule has 2 aliphatic heterocycles. The highest BCUT2D eigenvalue weighted by atomic mass is 16.5. The molecule has 2 saturated heterocycles. The van der Waals surface area contributed by atoms with Gasteiger partial charge in [-0.15, -0.1) is 0 Å². The van der Waals surface area contributed by atoms with Gasteiger partial charge >= 0.3 is 0 Å². The van der Waals surface area contributed by atoms with Crippen molar-refractivity contribution in [3.8, 4) is 5.75 Å². The number of aromatic nitrogens is 2. The van der Waals surface area contributed by atoms with E-state index in [1.54, 1.807) is 13.2 Å². The maximum atomic E-state index is 13.1. The van der Waals surface area contributed by atoms with Gasteiger partial charge in [0.05, 0.1) is 7.11 Å². The average molecular weight is 436 g/mol. The third-order valence-electron chi connectivity index (χ3n) is 6.30. The second-order valence-electron chi connectivity index (χ2n) is 8.48. The van der Waals surface area contributed by atoms with E-state index in [-0.39, 0.29) is 5.91 Å². The molecule has 32 heavy (non-hydrogen) atoms. The molecule has 1 amide bonds. The molecule has 1 aromatic carbocycles. The molecule has 0 unspecified atom stereocenters. The van der Waals surface area contributed by atoms with Gasteiger partial charge in [0, 0.05) is 56.4 Å². The minimum absolute atomic E-state index is 0.0872. The Morgan fingerprint density at radius 3 is 2.50 bits per heavy atom. The fourth-order valence-electron chi connectivity index (χ4n) is 4.53. The number of aryl methyl sites for hydroxylation is 1. The fraction of sp³-hybridized carbons (Fsp3) is 0.458. The quantitative estimate of drug-likeness (QED) is 0.621. The van der Waals surface area contributed by atoms with E-state index in [9.17, 15) is 4.79 Å². The van der Waals surface area contributed by atoms with Crippen molar-refractivity contribution >= 4 is 28.6 Å². The first-order valence-electron chi connectivity index (χ1n) is 11.3. The number of benzene rings is 1. The number of hydrogen-bond acceptors (Lipinski definition) is 7. The highest BCUT2D eigenvalue weighted by Crippen LogP contribution is 2.29. The highest BCUT2D eigenvalue weighted by molar-refractivity contribution is 5.97. The van der Waals surface area contributed by atoms with Crippen molar-refractivity contribution in [3.05, 3.63) is 41.8 Å². The number of piperazine rings is 1. The van der Waals surface area contributed by atoms with Crippen LogP contribution in [0.4, 0.5) is 11.8 Å². The van der Waals surface area contributed by atoms with E-state index in [0.29, 0.717) is 30.2 Å². The monoisotopic (exact) mass is 435 g/mol. The highest BCUT2D eigenvalue weighted by Gasteiger charge is 2.26. The first-order valence-corrected chi connectivity index (χ1v) is 11.3. The average Bonchev–Trinajstić information content (AvgIpc) is 3.28. The summed E-state index contributed by atoms with van der Waals surface area (Å²) in [4.78, 5) is 29.0. The third-order valence-corrected chi connectivity index (χ3v) is 6.30. The lowest BCUT2D eigenvalue weighted by Gasteiger charge is -2.35. The van der Waals surface area contributed by atoms with Gasteiger partial charge in [-0.1, -0.05) is 12.1 Å². The second-order valence-corrected chi connectivity index (χ2v) is 8.48. The molecule has 0 saturated carbocycles. The lowest BCUT2D eigenvalue weighted by atomic mass is 10.1. The largest absolute Gasteiger partial charge is 0.493 e. The van der Waals surface area contributed by atoms with Crippen molar-refractivity contribution in [2.75, 3.05) is 56.2 Å². The molecular formula is C24H29N5O3. The van der Waals surface area contributed by atoms with Gasteiger partial charge in [0.1, 0.15) is 5.82 Å². The standard InChI is InChI=1S/C24H29N5O3/c1-17-15-21(26-24(25-17)29-9-4-3-5-10-29)27-11-13-28(14-12-27)23(30)20-16-18-7-6-8-19(31-2)22(18)32-20/h6-8,15-16H,3-5,9-14H2,1-2H3. The molecule has 2 fully saturated rings. The first-order chi connectivity index (χ1) is 15.6. The topological polar surface area (TPSA) is 74.9 Å². The fourth-order valence-corrected chi connectivity index (χ4v) is 4.53.